The molecule has 0 aliphatic rings. The van der Waals surface area contributed by atoms with Crippen LogP contribution in [0, 0.1) is 0 Å². The van der Waals surface area contributed by atoms with Crippen LogP contribution >= 0.6 is 11.6 Å². The molecule has 2 rings (SSSR count). The molecule has 2 aromatic carbocycles. The molecule has 1 unspecified atom stereocenters. The van der Waals surface area contributed by atoms with Gasteiger partial charge in [0.25, 0.3) is 0 Å². The van der Waals surface area contributed by atoms with Crippen molar-refractivity contribution in [2.45, 2.75) is 25.1 Å². The molecule has 0 heterocycles. The van der Waals surface area contributed by atoms with Crippen molar-refractivity contribution in [3.63, 3.8) is 0 Å². The molecule has 3 heteroatoms. The highest BCUT2D eigenvalue weighted by molar-refractivity contribution is 7.02. The van der Waals surface area contributed by atoms with Crippen molar-refractivity contribution in [1.82, 2.24) is 0 Å². The molecule has 0 aliphatic carbocycles. The van der Waals surface area contributed by atoms with Crippen LogP contribution in [-0.4, -0.2) is 24.8 Å². The van der Waals surface area contributed by atoms with Gasteiger partial charge in [0.2, 0.25) is 0 Å². The highest BCUT2D eigenvalue weighted by atomic mass is 35.5. The van der Waals surface area contributed by atoms with Crippen molar-refractivity contribution >= 4 is 30.0 Å². The first kappa shape index (κ1) is 15.3. The highest BCUT2D eigenvalue weighted by Gasteiger charge is 2.38. The Morgan fingerprint density at radius 1 is 0.950 bits per heavy atom. The van der Waals surface area contributed by atoms with E-state index in [2.05, 4.69) is 55.1 Å². The fraction of sp³-hybridized carbons (Fsp3) is 0.294. The monoisotopic (exact) mass is 304 g/mol. The third-order valence-corrected chi connectivity index (χ3v) is 8.98. The van der Waals surface area contributed by atoms with E-state index in [1.54, 1.807) is 0 Å². The molecule has 2 aromatic rings. The van der Waals surface area contributed by atoms with Crippen molar-refractivity contribution in [3.05, 3.63) is 60.7 Å². The number of aliphatic hydroxyl groups is 1. The molecule has 20 heavy (non-hydrogen) atoms. The van der Waals surface area contributed by atoms with Gasteiger partial charge in [-0.25, -0.2) is 0 Å². The van der Waals surface area contributed by atoms with Gasteiger partial charge in [-0.05, 0) is 12.8 Å². The number of halogens is 1. The lowest BCUT2D eigenvalue weighted by Gasteiger charge is -2.33. The van der Waals surface area contributed by atoms with E-state index in [4.69, 9.17) is 11.6 Å². The molecule has 1 atom stereocenters. The van der Waals surface area contributed by atoms with Crippen molar-refractivity contribution in [1.29, 1.82) is 0 Å². The Hall–Kier alpha value is -1.09. The average molecular weight is 305 g/mol. The van der Waals surface area contributed by atoms with Crippen LogP contribution in [0.2, 0.25) is 6.55 Å². The summed E-state index contributed by atoms with van der Waals surface area (Å²) in [4.78, 5) is 0. The second-order valence-corrected chi connectivity index (χ2v) is 9.89. The van der Waals surface area contributed by atoms with E-state index in [-0.39, 0.29) is 5.73 Å². The summed E-state index contributed by atoms with van der Waals surface area (Å²) < 4.78 is 0. The van der Waals surface area contributed by atoms with Crippen LogP contribution in [0.3, 0.4) is 0 Å². The second kappa shape index (κ2) is 7.07. The van der Waals surface area contributed by atoms with E-state index in [0.29, 0.717) is 5.88 Å². The van der Waals surface area contributed by atoms with E-state index in [1.165, 1.54) is 10.4 Å². The molecule has 1 N–H and O–H groups in total. The maximum absolute atomic E-state index is 10.8. The van der Waals surface area contributed by atoms with Gasteiger partial charge in [-0.1, -0.05) is 77.6 Å². The normalized spacial score (nSPS) is 13.2. The van der Waals surface area contributed by atoms with Crippen LogP contribution in [0.5, 0.6) is 0 Å². The van der Waals surface area contributed by atoms with Gasteiger partial charge in [-0.3, -0.25) is 0 Å². The fourth-order valence-corrected chi connectivity index (χ4v) is 6.49. The Morgan fingerprint density at radius 3 is 1.80 bits per heavy atom. The standard InChI is InChI=1S/C17H21ClOSi/c1-20(17(19)13-8-14-18,15-9-4-2-5-10-15)16-11-6-3-7-12-16/h2-7,9-12,17,19H,8,13-14H2,1H3. The molecule has 0 saturated heterocycles. The average Bonchev–Trinajstić information content (AvgIpc) is 2.53. The third-order valence-electron chi connectivity index (χ3n) is 4.02. The number of rotatable bonds is 6. The van der Waals surface area contributed by atoms with Gasteiger partial charge < -0.3 is 5.11 Å². The zero-order valence-corrected chi connectivity index (χ0v) is 13.6. The molecular weight excluding hydrogens is 284 g/mol. The van der Waals surface area contributed by atoms with Gasteiger partial charge in [0.1, 0.15) is 8.07 Å². The quantitative estimate of drug-likeness (QED) is 0.643. The van der Waals surface area contributed by atoms with Crippen molar-refractivity contribution in [2.75, 3.05) is 5.88 Å². The minimum absolute atomic E-state index is 0.314. The maximum Gasteiger partial charge on any atom is 0.145 e. The van der Waals surface area contributed by atoms with Gasteiger partial charge in [0.15, 0.2) is 0 Å². The van der Waals surface area contributed by atoms with Crippen molar-refractivity contribution in [2.24, 2.45) is 0 Å². The minimum atomic E-state index is -2.15. The predicted molar refractivity (Wildman–Crippen MR) is 89.7 cm³/mol. The molecule has 0 bridgehead atoms. The summed E-state index contributed by atoms with van der Waals surface area (Å²) in [5, 5.41) is 13.4. The SMILES string of the molecule is C[Si](c1ccccc1)(c1ccccc1)C(O)CCCCl. The summed E-state index contributed by atoms with van der Waals surface area (Å²) in [5.41, 5.74) is -0.314. The van der Waals surface area contributed by atoms with Gasteiger partial charge in [-0.2, -0.15) is 0 Å². The molecule has 106 valence electrons. The summed E-state index contributed by atoms with van der Waals surface area (Å²) in [6.07, 6.45) is 1.61. The fourth-order valence-electron chi connectivity index (χ4n) is 2.68. The van der Waals surface area contributed by atoms with E-state index in [1.807, 2.05) is 12.1 Å². The van der Waals surface area contributed by atoms with E-state index >= 15 is 0 Å². The summed E-state index contributed by atoms with van der Waals surface area (Å²) >= 11 is 5.79. The van der Waals surface area contributed by atoms with E-state index in [9.17, 15) is 5.11 Å². The molecular formula is C17H21ClOSi. The number of benzene rings is 2. The first-order valence-corrected chi connectivity index (χ1v) is 10.2. The Kier molecular flexibility index (Phi) is 5.41. The predicted octanol–water partition coefficient (Wildman–Crippen LogP) is 2.80. The van der Waals surface area contributed by atoms with Crippen LogP contribution in [-0.2, 0) is 0 Å². The van der Waals surface area contributed by atoms with Crippen LogP contribution in [0.1, 0.15) is 12.8 Å². The lowest BCUT2D eigenvalue weighted by atomic mass is 10.3. The summed E-state index contributed by atoms with van der Waals surface area (Å²) in [7, 11) is -2.15. The summed E-state index contributed by atoms with van der Waals surface area (Å²) in [6.45, 7) is 2.25. The smallest absolute Gasteiger partial charge is 0.145 e. The maximum atomic E-state index is 10.8. The zero-order valence-electron chi connectivity index (χ0n) is 11.8. The third kappa shape index (κ3) is 3.14. The van der Waals surface area contributed by atoms with Gasteiger partial charge >= 0.3 is 0 Å². The lowest BCUT2D eigenvalue weighted by molar-refractivity contribution is 0.235. The molecule has 0 aromatic heterocycles. The molecule has 0 amide bonds. The topological polar surface area (TPSA) is 20.2 Å². The molecule has 0 spiro atoms. The summed E-state index contributed by atoms with van der Waals surface area (Å²) in [6, 6.07) is 20.8. The largest absolute Gasteiger partial charge is 0.396 e. The van der Waals surface area contributed by atoms with E-state index < -0.39 is 8.07 Å². The van der Waals surface area contributed by atoms with Crippen LogP contribution < -0.4 is 10.4 Å². The molecule has 0 saturated carbocycles. The Bertz CT molecular complexity index is 476. The van der Waals surface area contributed by atoms with Gasteiger partial charge in [-0.15, -0.1) is 11.6 Å². The number of alkyl halides is 1. The Morgan fingerprint density at radius 2 is 1.40 bits per heavy atom. The van der Waals surface area contributed by atoms with Crippen LogP contribution in [0.4, 0.5) is 0 Å². The molecule has 1 nitrogen and oxygen atoms in total. The Balaban J connectivity index is 2.43. The molecule has 0 aliphatic heterocycles. The lowest BCUT2D eigenvalue weighted by Crippen LogP contribution is -2.64. The summed E-state index contributed by atoms with van der Waals surface area (Å²) in [5.74, 6) is 0.602. The number of hydrogen-bond acceptors (Lipinski definition) is 1. The second-order valence-electron chi connectivity index (χ2n) is 5.28. The zero-order chi connectivity index (χ0) is 14.4. The number of hydrogen-bond donors (Lipinski definition) is 1. The van der Waals surface area contributed by atoms with Gasteiger partial charge in [0, 0.05) is 5.88 Å². The van der Waals surface area contributed by atoms with Gasteiger partial charge in [0.05, 0.1) is 5.73 Å². The number of aliphatic hydroxyl groups excluding tert-OH is 1. The first-order chi connectivity index (χ1) is 9.69. The van der Waals surface area contributed by atoms with E-state index in [0.717, 1.165) is 12.8 Å². The first-order valence-electron chi connectivity index (χ1n) is 7.04. The van der Waals surface area contributed by atoms with Crippen LogP contribution in [0.15, 0.2) is 60.7 Å². The Labute approximate surface area is 127 Å². The molecule has 0 fully saturated rings. The van der Waals surface area contributed by atoms with Crippen molar-refractivity contribution in [3.8, 4) is 0 Å². The minimum Gasteiger partial charge on any atom is -0.396 e. The van der Waals surface area contributed by atoms with Crippen LogP contribution in [0.25, 0.3) is 0 Å². The highest BCUT2D eigenvalue weighted by Crippen LogP contribution is 2.15. The molecule has 0 radical (unpaired) electrons. The van der Waals surface area contributed by atoms with Crippen molar-refractivity contribution < 1.29 is 5.11 Å².